The van der Waals surface area contributed by atoms with E-state index in [1.54, 1.807) is 6.92 Å². The second-order valence-electron chi connectivity index (χ2n) is 6.10. The Labute approximate surface area is 152 Å². The number of esters is 1. The lowest BCUT2D eigenvalue weighted by Gasteiger charge is -2.36. The van der Waals surface area contributed by atoms with Gasteiger partial charge in [0.15, 0.2) is 5.60 Å². The molecule has 1 aromatic heterocycles. The molecular formula is C17H18N2O8. The first-order chi connectivity index (χ1) is 12.7. The number of aliphatic carboxylic acids is 2. The van der Waals surface area contributed by atoms with Crippen LogP contribution in [0.15, 0.2) is 12.1 Å². The van der Waals surface area contributed by atoms with Crippen molar-refractivity contribution in [1.29, 1.82) is 0 Å². The van der Waals surface area contributed by atoms with Crippen molar-refractivity contribution in [3.05, 3.63) is 23.4 Å². The average molecular weight is 378 g/mol. The maximum atomic E-state index is 12.0. The third-order valence-electron chi connectivity index (χ3n) is 4.48. The molecule has 144 valence electrons. The van der Waals surface area contributed by atoms with Crippen molar-refractivity contribution < 1.29 is 39.2 Å². The van der Waals surface area contributed by atoms with Gasteiger partial charge in [-0.25, -0.2) is 14.4 Å². The maximum Gasteiger partial charge on any atom is 0.354 e. The summed E-state index contributed by atoms with van der Waals surface area (Å²) in [5, 5.41) is 33.0. The van der Waals surface area contributed by atoms with Gasteiger partial charge in [-0.2, -0.15) is 0 Å². The molecule has 1 aromatic carbocycles. The Morgan fingerprint density at radius 3 is 2.56 bits per heavy atom. The van der Waals surface area contributed by atoms with Gasteiger partial charge in [-0.1, -0.05) is 0 Å². The standard InChI is InChI=1S/C17H18N2O8/c1-3-27-15(22)8-4-7-5-10(26-2)13-11(12(7)18-8)17(25,16(23)24)6-9(19-13)14(20)21/h4-5,9,18-19,25H,3,6H2,1-2H3,(H,20,21)(H,23,24). The highest BCUT2D eigenvalue weighted by Gasteiger charge is 2.50. The van der Waals surface area contributed by atoms with Crippen molar-refractivity contribution in [3.8, 4) is 5.75 Å². The number of fused-ring (bicyclic) bond motifs is 3. The van der Waals surface area contributed by atoms with Gasteiger partial charge in [-0.15, -0.1) is 0 Å². The lowest BCUT2D eigenvalue weighted by molar-refractivity contribution is -0.162. The van der Waals surface area contributed by atoms with Crippen LogP contribution in [0.25, 0.3) is 10.9 Å². The number of carboxylic acids is 2. The van der Waals surface area contributed by atoms with E-state index < -0.39 is 36.0 Å². The number of hydrogen-bond acceptors (Lipinski definition) is 7. The van der Waals surface area contributed by atoms with Gasteiger partial charge in [0.1, 0.15) is 17.5 Å². The summed E-state index contributed by atoms with van der Waals surface area (Å²) in [7, 11) is 1.33. The second kappa shape index (κ2) is 6.47. The van der Waals surface area contributed by atoms with Crippen molar-refractivity contribution in [2.75, 3.05) is 19.0 Å². The molecule has 10 nitrogen and oxygen atoms in total. The fourth-order valence-electron chi connectivity index (χ4n) is 3.26. The minimum Gasteiger partial charge on any atom is -0.495 e. The summed E-state index contributed by atoms with van der Waals surface area (Å²) in [6.07, 6.45) is -0.610. The number of H-pyrrole nitrogens is 1. The van der Waals surface area contributed by atoms with Crippen LogP contribution in [0.2, 0.25) is 0 Å². The topological polar surface area (TPSA) is 158 Å². The molecule has 10 heteroatoms. The number of methoxy groups -OCH3 is 1. The van der Waals surface area contributed by atoms with Gasteiger partial charge >= 0.3 is 17.9 Å². The number of rotatable bonds is 5. The normalized spacial score (nSPS) is 21.2. The van der Waals surface area contributed by atoms with Crippen molar-refractivity contribution >= 4 is 34.5 Å². The Hall–Kier alpha value is -3.27. The van der Waals surface area contributed by atoms with Crippen LogP contribution >= 0.6 is 0 Å². The maximum absolute atomic E-state index is 12.0. The van der Waals surface area contributed by atoms with E-state index in [0.29, 0.717) is 5.39 Å². The summed E-state index contributed by atoms with van der Waals surface area (Å²) in [6.45, 7) is 1.79. The van der Waals surface area contributed by atoms with E-state index in [9.17, 15) is 29.7 Å². The monoisotopic (exact) mass is 378 g/mol. The molecule has 27 heavy (non-hydrogen) atoms. The molecule has 1 aliphatic heterocycles. The van der Waals surface area contributed by atoms with Crippen molar-refractivity contribution in [2.24, 2.45) is 0 Å². The van der Waals surface area contributed by atoms with Crippen LogP contribution in [0.5, 0.6) is 5.75 Å². The second-order valence-corrected chi connectivity index (χ2v) is 6.10. The molecular weight excluding hydrogens is 360 g/mol. The van der Waals surface area contributed by atoms with Crippen LogP contribution in [-0.4, -0.2) is 58.0 Å². The Morgan fingerprint density at radius 2 is 2.00 bits per heavy atom. The number of ether oxygens (including phenoxy) is 2. The molecule has 2 atom stereocenters. The quantitative estimate of drug-likeness (QED) is 0.476. The van der Waals surface area contributed by atoms with E-state index in [-0.39, 0.29) is 34.8 Å². The molecule has 5 N–H and O–H groups in total. The zero-order valence-corrected chi connectivity index (χ0v) is 14.5. The minimum absolute atomic E-state index is 0.0332. The van der Waals surface area contributed by atoms with Gasteiger partial charge in [0.05, 0.1) is 24.9 Å². The molecule has 0 aliphatic carbocycles. The molecule has 0 fully saturated rings. The highest BCUT2D eigenvalue weighted by molar-refractivity contribution is 6.03. The molecule has 1 aliphatic rings. The lowest BCUT2D eigenvalue weighted by Crippen LogP contribution is -2.48. The third-order valence-corrected chi connectivity index (χ3v) is 4.48. The van der Waals surface area contributed by atoms with Crippen LogP contribution in [0, 0.1) is 0 Å². The number of benzene rings is 1. The number of nitrogens with one attached hydrogen (secondary N) is 2. The highest BCUT2D eigenvalue weighted by atomic mass is 16.5. The van der Waals surface area contributed by atoms with Crippen LogP contribution in [-0.2, 0) is 19.9 Å². The fourth-order valence-corrected chi connectivity index (χ4v) is 3.26. The molecule has 0 saturated heterocycles. The number of aliphatic hydroxyl groups is 1. The molecule has 3 rings (SSSR count). The number of hydrogen-bond donors (Lipinski definition) is 5. The Bertz CT molecular complexity index is 950. The molecule has 0 amide bonds. The molecule has 0 saturated carbocycles. The largest absolute Gasteiger partial charge is 0.495 e. The van der Waals surface area contributed by atoms with E-state index in [1.165, 1.54) is 19.2 Å². The zero-order valence-electron chi connectivity index (χ0n) is 14.5. The summed E-state index contributed by atoms with van der Waals surface area (Å²) >= 11 is 0. The SMILES string of the molecule is CCOC(=O)c1cc2cc(OC)c3c(c2[nH]1)C(O)(C(=O)O)CC(C(=O)O)N3. The summed E-state index contributed by atoms with van der Waals surface area (Å²) in [5.41, 5.74) is -2.33. The summed E-state index contributed by atoms with van der Waals surface area (Å²) in [4.78, 5) is 38.1. The zero-order chi connectivity index (χ0) is 19.9. The molecule has 0 spiro atoms. The number of aromatic amines is 1. The fraction of sp³-hybridized carbons (Fsp3) is 0.353. The smallest absolute Gasteiger partial charge is 0.354 e. The average Bonchev–Trinajstić information content (AvgIpc) is 3.04. The number of carboxylic acid groups (broad SMARTS) is 2. The predicted octanol–water partition coefficient (Wildman–Crippen LogP) is 0.894. The first kappa shape index (κ1) is 18.5. The molecule has 2 heterocycles. The number of carbonyl (C=O) groups excluding carboxylic acids is 1. The number of carbonyl (C=O) groups is 3. The first-order valence-corrected chi connectivity index (χ1v) is 8.09. The Kier molecular flexibility index (Phi) is 4.44. The summed E-state index contributed by atoms with van der Waals surface area (Å²) in [6, 6.07) is 1.61. The van der Waals surface area contributed by atoms with E-state index in [1.807, 2.05) is 0 Å². The van der Waals surface area contributed by atoms with Crippen LogP contribution in [0.1, 0.15) is 29.4 Å². The van der Waals surface area contributed by atoms with Gasteiger partial charge in [-0.3, -0.25) is 0 Å². The molecule has 2 aromatic rings. The lowest BCUT2D eigenvalue weighted by atomic mass is 9.81. The first-order valence-electron chi connectivity index (χ1n) is 8.09. The Balaban J connectivity index is 2.32. The van der Waals surface area contributed by atoms with Crippen LogP contribution < -0.4 is 10.1 Å². The highest BCUT2D eigenvalue weighted by Crippen LogP contribution is 2.47. The predicted molar refractivity (Wildman–Crippen MR) is 92.0 cm³/mol. The summed E-state index contributed by atoms with van der Waals surface area (Å²) < 4.78 is 10.2. The van der Waals surface area contributed by atoms with E-state index in [4.69, 9.17) is 9.47 Å². The number of anilines is 1. The molecule has 0 bridgehead atoms. The van der Waals surface area contributed by atoms with E-state index in [0.717, 1.165) is 0 Å². The van der Waals surface area contributed by atoms with Crippen LogP contribution in [0.4, 0.5) is 5.69 Å². The van der Waals surface area contributed by atoms with Gasteiger partial charge in [0, 0.05) is 17.4 Å². The molecule has 0 radical (unpaired) electrons. The Morgan fingerprint density at radius 1 is 1.30 bits per heavy atom. The van der Waals surface area contributed by atoms with E-state index in [2.05, 4.69) is 10.3 Å². The van der Waals surface area contributed by atoms with Crippen molar-refractivity contribution in [1.82, 2.24) is 4.98 Å². The third kappa shape index (κ3) is 2.83. The minimum atomic E-state index is -2.51. The number of aromatic nitrogens is 1. The summed E-state index contributed by atoms with van der Waals surface area (Å²) in [5.74, 6) is -3.44. The molecule has 2 unspecified atom stereocenters. The van der Waals surface area contributed by atoms with E-state index >= 15 is 0 Å². The van der Waals surface area contributed by atoms with Crippen molar-refractivity contribution in [3.63, 3.8) is 0 Å². The van der Waals surface area contributed by atoms with Gasteiger partial charge in [0.25, 0.3) is 0 Å². The van der Waals surface area contributed by atoms with Gasteiger partial charge in [-0.05, 0) is 19.1 Å². The van der Waals surface area contributed by atoms with Crippen LogP contribution in [0.3, 0.4) is 0 Å². The van der Waals surface area contributed by atoms with Gasteiger partial charge < -0.3 is 35.1 Å². The van der Waals surface area contributed by atoms with Crippen molar-refractivity contribution in [2.45, 2.75) is 25.0 Å². The van der Waals surface area contributed by atoms with Gasteiger partial charge in [0.2, 0.25) is 0 Å².